The first-order chi connectivity index (χ1) is 11.1. The van der Waals surface area contributed by atoms with Crippen molar-refractivity contribution in [2.45, 2.75) is 6.92 Å². The minimum atomic E-state index is 0.408. The van der Waals surface area contributed by atoms with Crippen molar-refractivity contribution in [1.82, 2.24) is 5.43 Å². The van der Waals surface area contributed by atoms with Crippen LogP contribution < -0.4 is 20.2 Å². The Bertz CT molecular complexity index is 699. The van der Waals surface area contributed by atoms with E-state index in [-0.39, 0.29) is 0 Å². The molecule has 0 fully saturated rings. The normalized spacial score (nSPS) is 10.8. The highest BCUT2D eigenvalue weighted by molar-refractivity contribution is 7.80. The number of rotatable bonds is 5. The number of thiocarbonyl (C=S) groups is 1. The summed E-state index contributed by atoms with van der Waals surface area (Å²) in [5, 5.41) is 7.74. The fraction of sp³-hybridized carbons (Fsp3) is 0.176. The molecule has 120 valence electrons. The molecule has 0 amide bonds. The van der Waals surface area contributed by atoms with Gasteiger partial charge in [-0.1, -0.05) is 6.07 Å². The number of anilines is 1. The highest BCUT2D eigenvalue weighted by atomic mass is 32.1. The van der Waals surface area contributed by atoms with Crippen LogP contribution in [0.2, 0.25) is 0 Å². The fourth-order valence-electron chi connectivity index (χ4n) is 1.89. The molecule has 2 aromatic rings. The smallest absolute Gasteiger partial charge is 0.191 e. The molecular formula is C17H19N3O2S. The number of hydrazone groups is 1. The molecule has 23 heavy (non-hydrogen) atoms. The molecule has 0 aliphatic carbocycles. The Morgan fingerprint density at radius 3 is 2.35 bits per heavy atom. The van der Waals surface area contributed by atoms with Gasteiger partial charge in [0.1, 0.15) is 11.5 Å². The van der Waals surface area contributed by atoms with Crippen LogP contribution in [0.5, 0.6) is 11.5 Å². The fourth-order valence-corrected chi connectivity index (χ4v) is 2.05. The van der Waals surface area contributed by atoms with Gasteiger partial charge in [0.2, 0.25) is 0 Å². The summed E-state index contributed by atoms with van der Waals surface area (Å²) in [7, 11) is 3.26. The zero-order valence-electron chi connectivity index (χ0n) is 13.3. The van der Waals surface area contributed by atoms with E-state index in [2.05, 4.69) is 15.8 Å². The third kappa shape index (κ3) is 4.96. The van der Waals surface area contributed by atoms with E-state index in [1.165, 1.54) is 0 Å². The third-order valence-corrected chi connectivity index (χ3v) is 3.35. The Balaban J connectivity index is 1.96. The number of hydrogen-bond donors (Lipinski definition) is 2. The van der Waals surface area contributed by atoms with Gasteiger partial charge < -0.3 is 14.8 Å². The molecule has 0 heterocycles. The molecule has 6 heteroatoms. The molecule has 0 bridgehead atoms. The molecule has 0 unspecified atom stereocenters. The van der Waals surface area contributed by atoms with Gasteiger partial charge in [-0.2, -0.15) is 5.10 Å². The van der Waals surface area contributed by atoms with Crippen molar-refractivity contribution < 1.29 is 9.47 Å². The van der Waals surface area contributed by atoms with Crippen LogP contribution in [-0.2, 0) is 0 Å². The van der Waals surface area contributed by atoms with Crippen LogP contribution in [0, 0.1) is 0 Å². The van der Waals surface area contributed by atoms with Crippen LogP contribution in [0.4, 0.5) is 5.69 Å². The second-order valence-corrected chi connectivity index (χ2v) is 5.13. The van der Waals surface area contributed by atoms with Gasteiger partial charge in [-0.25, -0.2) is 0 Å². The van der Waals surface area contributed by atoms with Crippen LogP contribution in [-0.4, -0.2) is 25.0 Å². The molecule has 0 aliphatic heterocycles. The Kier molecular flexibility index (Phi) is 5.94. The molecule has 0 aliphatic rings. The van der Waals surface area contributed by atoms with Gasteiger partial charge in [-0.3, -0.25) is 5.43 Å². The number of hydrogen-bond acceptors (Lipinski definition) is 4. The van der Waals surface area contributed by atoms with Gasteiger partial charge in [0, 0.05) is 11.8 Å². The number of ether oxygens (including phenoxy) is 2. The Morgan fingerprint density at radius 1 is 1.00 bits per heavy atom. The average Bonchev–Trinajstić information content (AvgIpc) is 2.60. The first-order valence-electron chi connectivity index (χ1n) is 7.02. The Hall–Kier alpha value is -2.60. The van der Waals surface area contributed by atoms with E-state index in [1.807, 2.05) is 55.5 Å². The van der Waals surface area contributed by atoms with E-state index >= 15 is 0 Å². The largest absolute Gasteiger partial charge is 0.497 e. The molecule has 0 aromatic heterocycles. The summed E-state index contributed by atoms with van der Waals surface area (Å²) in [6, 6.07) is 15.2. The molecule has 2 rings (SSSR count). The van der Waals surface area contributed by atoms with Crippen molar-refractivity contribution in [2.75, 3.05) is 19.5 Å². The second kappa shape index (κ2) is 8.14. The molecular weight excluding hydrogens is 310 g/mol. The van der Waals surface area contributed by atoms with Crippen molar-refractivity contribution in [3.8, 4) is 11.5 Å². The SMILES string of the molecule is COc1ccc(/C(C)=N/NC(=S)Nc2cccc(OC)c2)cc1. The quantitative estimate of drug-likeness (QED) is 0.500. The Labute approximate surface area is 141 Å². The highest BCUT2D eigenvalue weighted by Gasteiger charge is 2.01. The van der Waals surface area contributed by atoms with Crippen LogP contribution in [0.3, 0.4) is 0 Å². The summed E-state index contributed by atoms with van der Waals surface area (Å²) in [6.07, 6.45) is 0. The zero-order chi connectivity index (χ0) is 16.7. The maximum Gasteiger partial charge on any atom is 0.191 e. The summed E-state index contributed by atoms with van der Waals surface area (Å²) in [4.78, 5) is 0. The van der Waals surface area contributed by atoms with Crippen LogP contribution in [0.15, 0.2) is 53.6 Å². The molecule has 0 saturated carbocycles. The third-order valence-electron chi connectivity index (χ3n) is 3.16. The standard InChI is InChI=1S/C17H19N3O2S/c1-12(13-7-9-15(21-2)10-8-13)19-20-17(23)18-14-5-4-6-16(11-14)22-3/h4-11H,1-3H3,(H2,18,20,23)/b19-12+. The first kappa shape index (κ1) is 16.8. The maximum absolute atomic E-state index is 5.23. The van der Waals surface area contributed by atoms with Gasteiger partial charge >= 0.3 is 0 Å². The molecule has 0 atom stereocenters. The van der Waals surface area contributed by atoms with E-state index in [1.54, 1.807) is 14.2 Å². The topological polar surface area (TPSA) is 54.9 Å². The van der Waals surface area contributed by atoms with Crippen LogP contribution in [0.1, 0.15) is 12.5 Å². The minimum absolute atomic E-state index is 0.408. The molecule has 0 saturated heterocycles. The van der Waals surface area contributed by atoms with Gasteiger partial charge in [0.05, 0.1) is 19.9 Å². The minimum Gasteiger partial charge on any atom is -0.497 e. The van der Waals surface area contributed by atoms with Crippen LogP contribution in [0.25, 0.3) is 0 Å². The number of nitrogens with zero attached hydrogens (tertiary/aromatic N) is 1. The van der Waals surface area contributed by atoms with E-state index < -0.39 is 0 Å². The van der Waals surface area contributed by atoms with Gasteiger partial charge in [-0.05, 0) is 61.1 Å². The summed E-state index contributed by atoms with van der Waals surface area (Å²) in [6.45, 7) is 1.91. The van der Waals surface area contributed by atoms with Crippen LogP contribution >= 0.6 is 12.2 Å². The van der Waals surface area contributed by atoms with Crippen molar-refractivity contribution in [1.29, 1.82) is 0 Å². The van der Waals surface area contributed by atoms with E-state index in [4.69, 9.17) is 21.7 Å². The lowest BCUT2D eigenvalue weighted by Gasteiger charge is -2.09. The van der Waals surface area contributed by atoms with Gasteiger partial charge in [0.25, 0.3) is 0 Å². The average molecular weight is 329 g/mol. The summed E-state index contributed by atoms with van der Waals surface area (Å²) >= 11 is 5.23. The van der Waals surface area contributed by atoms with Crippen molar-refractivity contribution in [3.05, 3.63) is 54.1 Å². The number of nitrogens with one attached hydrogen (secondary N) is 2. The van der Waals surface area contributed by atoms with E-state index in [9.17, 15) is 0 Å². The summed E-state index contributed by atoms with van der Waals surface area (Å²) in [5.41, 5.74) is 5.47. The van der Waals surface area contributed by atoms with E-state index in [0.717, 1.165) is 28.5 Å². The predicted octanol–water partition coefficient (Wildman–Crippen LogP) is 3.41. The zero-order valence-corrected chi connectivity index (χ0v) is 14.1. The van der Waals surface area contributed by atoms with Crippen molar-refractivity contribution in [2.24, 2.45) is 5.10 Å². The molecule has 0 radical (unpaired) electrons. The lowest BCUT2D eigenvalue weighted by atomic mass is 10.1. The van der Waals surface area contributed by atoms with Gasteiger partial charge in [-0.15, -0.1) is 0 Å². The van der Waals surface area contributed by atoms with Crippen molar-refractivity contribution >= 4 is 28.7 Å². The Morgan fingerprint density at radius 2 is 1.70 bits per heavy atom. The summed E-state index contributed by atoms with van der Waals surface area (Å²) in [5.74, 6) is 1.57. The highest BCUT2D eigenvalue weighted by Crippen LogP contribution is 2.16. The lowest BCUT2D eigenvalue weighted by molar-refractivity contribution is 0.414. The summed E-state index contributed by atoms with van der Waals surface area (Å²) < 4.78 is 10.3. The number of benzene rings is 2. The van der Waals surface area contributed by atoms with E-state index in [0.29, 0.717) is 5.11 Å². The predicted molar refractivity (Wildman–Crippen MR) is 97.6 cm³/mol. The molecule has 0 spiro atoms. The first-order valence-corrected chi connectivity index (χ1v) is 7.43. The van der Waals surface area contributed by atoms with Gasteiger partial charge in [0.15, 0.2) is 5.11 Å². The second-order valence-electron chi connectivity index (χ2n) is 4.72. The molecule has 2 aromatic carbocycles. The monoisotopic (exact) mass is 329 g/mol. The number of methoxy groups -OCH3 is 2. The van der Waals surface area contributed by atoms with Crippen molar-refractivity contribution in [3.63, 3.8) is 0 Å². The molecule has 2 N–H and O–H groups in total. The lowest BCUT2D eigenvalue weighted by Crippen LogP contribution is -2.24. The molecule has 5 nitrogen and oxygen atoms in total. The maximum atomic E-state index is 5.23.